The summed E-state index contributed by atoms with van der Waals surface area (Å²) in [5.41, 5.74) is 7.62. The first-order chi connectivity index (χ1) is 13.5. The molecule has 144 valence electrons. The van der Waals surface area contributed by atoms with Crippen LogP contribution in [0, 0.1) is 12.8 Å². The minimum atomic E-state index is -0.343. The van der Waals surface area contributed by atoms with Crippen LogP contribution in [-0.2, 0) is 16.1 Å². The third kappa shape index (κ3) is 3.82. The standard InChI is InChI=1S/C20H20N4O3S/c1-12-2-4-13(5-3-12)15-10-28-19-17(15)20(27)24(11-21-19)9-8-16(25)22-23-18(26)14-6-7-14/h2-5,10-11,14H,6-9H2,1H3,(H,22,25)(H,23,26). The average Bonchev–Trinajstić information content (AvgIpc) is 3.46. The highest BCUT2D eigenvalue weighted by Crippen LogP contribution is 2.30. The van der Waals surface area contributed by atoms with Crippen LogP contribution in [0.5, 0.6) is 0 Å². The van der Waals surface area contributed by atoms with Crippen LogP contribution in [0.25, 0.3) is 21.3 Å². The fourth-order valence-corrected chi connectivity index (χ4v) is 3.84. The number of carbonyl (C=O) groups excluding carboxylic acids is 2. The zero-order chi connectivity index (χ0) is 19.7. The molecule has 0 aliphatic heterocycles. The highest BCUT2D eigenvalue weighted by atomic mass is 32.1. The molecule has 8 heteroatoms. The van der Waals surface area contributed by atoms with Crippen molar-refractivity contribution >= 4 is 33.4 Å². The van der Waals surface area contributed by atoms with Gasteiger partial charge >= 0.3 is 0 Å². The van der Waals surface area contributed by atoms with E-state index in [1.165, 1.54) is 22.2 Å². The van der Waals surface area contributed by atoms with Crippen molar-refractivity contribution in [2.24, 2.45) is 5.92 Å². The van der Waals surface area contributed by atoms with Gasteiger partial charge in [-0.1, -0.05) is 29.8 Å². The summed E-state index contributed by atoms with van der Waals surface area (Å²) in [4.78, 5) is 41.5. The molecule has 2 aromatic heterocycles. The number of nitrogens with one attached hydrogen (secondary N) is 2. The second kappa shape index (κ2) is 7.55. The van der Waals surface area contributed by atoms with Crippen molar-refractivity contribution in [2.75, 3.05) is 0 Å². The van der Waals surface area contributed by atoms with E-state index in [4.69, 9.17) is 0 Å². The Morgan fingerprint density at radius 3 is 2.68 bits per heavy atom. The smallest absolute Gasteiger partial charge is 0.262 e. The molecule has 1 aliphatic carbocycles. The molecule has 2 amide bonds. The van der Waals surface area contributed by atoms with Crippen molar-refractivity contribution < 1.29 is 9.59 Å². The molecule has 1 saturated carbocycles. The second-order valence-corrected chi connectivity index (χ2v) is 7.86. The van der Waals surface area contributed by atoms with Gasteiger partial charge in [0.25, 0.3) is 5.56 Å². The highest BCUT2D eigenvalue weighted by molar-refractivity contribution is 7.17. The Balaban J connectivity index is 1.50. The van der Waals surface area contributed by atoms with Gasteiger partial charge in [-0.2, -0.15) is 0 Å². The lowest BCUT2D eigenvalue weighted by molar-refractivity contribution is -0.129. The Bertz CT molecular complexity index is 1100. The van der Waals surface area contributed by atoms with E-state index in [1.807, 2.05) is 36.6 Å². The Morgan fingerprint density at radius 2 is 1.96 bits per heavy atom. The Kier molecular flexibility index (Phi) is 4.95. The molecule has 1 aromatic carbocycles. The van der Waals surface area contributed by atoms with Crippen LogP contribution >= 0.6 is 11.3 Å². The first-order valence-electron chi connectivity index (χ1n) is 9.15. The lowest BCUT2D eigenvalue weighted by Crippen LogP contribution is -2.42. The Hall–Kier alpha value is -3.00. The lowest BCUT2D eigenvalue weighted by atomic mass is 10.1. The number of nitrogens with zero attached hydrogens (tertiary/aromatic N) is 2. The quantitative estimate of drug-likeness (QED) is 0.648. The minimum absolute atomic E-state index is 0.0216. The third-order valence-corrected chi connectivity index (χ3v) is 5.66. The van der Waals surface area contributed by atoms with Gasteiger partial charge < -0.3 is 0 Å². The van der Waals surface area contributed by atoms with Crippen LogP contribution in [0.3, 0.4) is 0 Å². The van der Waals surface area contributed by atoms with E-state index in [0.29, 0.717) is 10.2 Å². The van der Waals surface area contributed by atoms with Crippen LogP contribution in [0.2, 0.25) is 0 Å². The lowest BCUT2D eigenvalue weighted by Gasteiger charge is -2.08. The van der Waals surface area contributed by atoms with Crippen molar-refractivity contribution in [1.82, 2.24) is 20.4 Å². The number of benzene rings is 1. The van der Waals surface area contributed by atoms with Gasteiger partial charge in [-0.3, -0.25) is 29.8 Å². The van der Waals surface area contributed by atoms with Crippen molar-refractivity contribution in [3.63, 3.8) is 0 Å². The fraction of sp³-hybridized carbons (Fsp3) is 0.300. The minimum Gasteiger partial charge on any atom is -0.298 e. The summed E-state index contributed by atoms with van der Waals surface area (Å²) in [6.07, 6.45) is 3.28. The SMILES string of the molecule is Cc1ccc(-c2csc3ncn(CCC(=O)NNC(=O)C4CC4)c(=O)c23)cc1. The highest BCUT2D eigenvalue weighted by Gasteiger charge is 2.29. The first kappa shape index (κ1) is 18.4. The van der Waals surface area contributed by atoms with Gasteiger partial charge in [-0.15, -0.1) is 11.3 Å². The molecule has 0 unspecified atom stereocenters. The molecule has 0 spiro atoms. The van der Waals surface area contributed by atoms with Crippen molar-refractivity contribution in [3.8, 4) is 11.1 Å². The maximum absolute atomic E-state index is 13.0. The number of hydrazine groups is 1. The number of hydrogen-bond donors (Lipinski definition) is 2. The van der Waals surface area contributed by atoms with E-state index in [1.54, 1.807) is 0 Å². The molecule has 28 heavy (non-hydrogen) atoms. The van der Waals surface area contributed by atoms with E-state index < -0.39 is 0 Å². The Labute approximate surface area is 165 Å². The number of hydrogen-bond acceptors (Lipinski definition) is 5. The molecule has 0 radical (unpaired) electrons. The molecule has 2 N–H and O–H groups in total. The molecular weight excluding hydrogens is 376 g/mol. The van der Waals surface area contributed by atoms with Crippen molar-refractivity contribution in [1.29, 1.82) is 0 Å². The predicted molar refractivity (Wildman–Crippen MR) is 108 cm³/mol. The van der Waals surface area contributed by atoms with Crippen LogP contribution in [0.1, 0.15) is 24.8 Å². The molecule has 1 fully saturated rings. The summed E-state index contributed by atoms with van der Waals surface area (Å²) in [6.45, 7) is 2.21. The van der Waals surface area contributed by atoms with E-state index in [9.17, 15) is 14.4 Å². The first-order valence-corrected chi connectivity index (χ1v) is 10.0. The van der Waals surface area contributed by atoms with Crippen LogP contribution in [-0.4, -0.2) is 21.4 Å². The number of thiophene rings is 1. The summed E-state index contributed by atoms with van der Waals surface area (Å²) in [7, 11) is 0. The number of aromatic nitrogens is 2. The van der Waals surface area contributed by atoms with Crippen LogP contribution in [0.15, 0.2) is 40.8 Å². The number of amides is 2. The molecule has 0 saturated heterocycles. The fourth-order valence-electron chi connectivity index (χ4n) is 2.94. The van der Waals surface area contributed by atoms with E-state index in [2.05, 4.69) is 15.8 Å². The van der Waals surface area contributed by atoms with Crippen LogP contribution < -0.4 is 16.4 Å². The third-order valence-electron chi connectivity index (χ3n) is 4.78. The Morgan fingerprint density at radius 1 is 1.21 bits per heavy atom. The van der Waals surface area contributed by atoms with Crippen LogP contribution in [0.4, 0.5) is 0 Å². The number of carbonyl (C=O) groups is 2. The van der Waals surface area contributed by atoms with E-state index in [0.717, 1.165) is 29.5 Å². The van der Waals surface area contributed by atoms with Gasteiger partial charge in [-0.25, -0.2) is 4.98 Å². The van der Waals surface area contributed by atoms with Gasteiger partial charge in [-0.05, 0) is 25.3 Å². The number of fused-ring (bicyclic) bond motifs is 1. The van der Waals surface area contributed by atoms with Gasteiger partial charge in [0, 0.05) is 29.8 Å². The summed E-state index contributed by atoms with van der Waals surface area (Å²) < 4.78 is 1.44. The molecule has 0 atom stereocenters. The van der Waals surface area contributed by atoms with Gasteiger partial charge in [0.1, 0.15) is 4.83 Å². The predicted octanol–water partition coefficient (Wildman–Crippen LogP) is 2.38. The maximum atomic E-state index is 13.0. The summed E-state index contributed by atoms with van der Waals surface area (Å²) in [5.74, 6) is -0.479. The molecule has 2 heterocycles. The zero-order valence-electron chi connectivity index (χ0n) is 15.4. The van der Waals surface area contributed by atoms with Crippen molar-refractivity contribution in [2.45, 2.75) is 32.7 Å². The maximum Gasteiger partial charge on any atom is 0.262 e. The van der Waals surface area contributed by atoms with Gasteiger partial charge in [0.05, 0.1) is 11.7 Å². The summed E-state index contributed by atoms with van der Waals surface area (Å²) >= 11 is 1.43. The second-order valence-electron chi connectivity index (χ2n) is 7.00. The van der Waals surface area contributed by atoms with Crippen molar-refractivity contribution in [3.05, 3.63) is 51.9 Å². The molecule has 1 aliphatic rings. The molecule has 0 bridgehead atoms. The number of rotatable bonds is 5. The van der Waals surface area contributed by atoms with Gasteiger partial charge in [0.2, 0.25) is 11.8 Å². The molecule has 7 nitrogen and oxygen atoms in total. The molecule has 4 rings (SSSR count). The van der Waals surface area contributed by atoms with E-state index >= 15 is 0 Å². The van der Waals surface area contributed by atoms with E-state index in [-0.39, 0.29) is 36.3 Å². The average molecular weight is 396 g/mol. The zero-order valence-corrected chi connectivity index (χ0v) is 16.2. The topological polar surface area (TPSA) is 93.1 Å². The summed E-state index contributed by atoms with van der Waals surface area (Å²) in [6, 6.07) is 8.00. The normalized spacial score (nSPS) is 13.5. The van der Waals surface area contributed by atoms with Gasteiger partial charge in [0.15, 0.2) is 0 Å². The number of aryl methyl sites for hydroxylation is 2. The molecular formula is C20H20N4O3S. The largest absolute Gasteiger partial charge is 0.298 e. The molecule has 3 aromatic rings. The summed E-state index contributed by atoms with van der Waals surface area (Å²) in [5, 5.41) is 2.51. The monoisotopic (exact) mass is 396 g/mol.